The molecule has 0 saturated heterocycles. The lowest BCUT2D eigenvalue weighted by Crippen LogP contribution is -2.04. The number of rotatable bonds is 4. The van der Waals surface area contributed by atoms with Gasteiger partial charge in [-0.3, -0.25) is 4.79 Å². The molecular weight excluding hydrogens is 246 g/mol. The normalized spacial score (nSPS) is 9.75. The predicted octanol–water partition coefficient (Wildman–Crippen LogP) is 2.89. The number of anilines is 1. The molecule has 1 N–H and O–H groups in total. The predicted molar refractivity (Wildman–Crippen MR) is 69.3 cm³/mol. The summed E-state index contributed by atoms with van der Waals surface area (Å²) in [5.74, 6) is 1.26. The number of benzene rings is 1. The summed E-state index contributed by atoms with van der Waals surface area (Å²) in [7, 11) is 3.12. The van der Waals surface area contributed by atoms with Crippen molar-refractivity contribution in [3.05, 3.63) is 12.1 Å². The molecule has 0 atom stereocenters. The minimum absolute atomic E-state index is 0.447. The van der Waals surface area contributed by atoms with Gasteiger partial charge in [0, 0.05) is 6.07 Å². The molecular formula is C10H13NO3S2. The highest BCUT2D eigenvalue weighted by atomic mass is 32.2. The van der Waals surface area contributed by atoms with Crippen LogP contribution in [0.5, 0.6) is 11.5 Å². The summed E-state index contributed by atoms with van der Waals surface area (Å²) in [6, 6.07) is 3.52. The summed E-state index contributed by atoms with van der Waals surface area (Å²) in [5.41, 5.74) is 0.539. The van der Waals surface area contributed by atoms with Crippen LogP contribution in [0.3, 0.4) is 0 Å². The van der Waals surface area contributed by atoms with E-state index in [1.807, 2.05) is 12.3 Å². The van der Waals surface area contributed by atoms with Gasteiger partial charge in [-0.2, -0.15) is 0 Å². The lowest BCUT2D eigenvalue weighted by atomic mass is 10.2. The summed E-state index contributed by atoms with van der Waals surface area (Å²) in [6.07, 6.45) is 1.94. The Morgan fingerprint density at radius 2 is 1.94 bits per heavy atom. The van der Waals surface area contributed by atoms with E-state index >= 15 is 0 Å². The second-order valence-corrected chi connectivity index (χ2v) is 4.09. The Balaban J connectivity index is 3.20. The Kier molecular flexibility index (Phi) is 4.82. The molecule has 0 heterocycles. The van der Waals surface area contributed by atoms with E-state index in [9.17, 15) is 4.79 Å². The summed E-state index contributed by atoms with van der Waals surface area (Å²) < 4.78 is 10.4. The first kappa shape index (κ1) is 13.1. The highest BCUT2D eigenvalue weighted by molar-refractivity contribution is 7.98. The van der Waals surface area contributed by atoms with Gasteiger partial charge in [-0.1, -0.05) is 12.6 Å². The maximum absolute atomic E-state index is 10.9. The SMILES string of the molecule is COc1cc(SC)c(OC)cc1NC(=O)S. The van der Waals surface area contributed by atoms with E-state index < -0.39 is 5.24 Å². The summed E-state index contributed by atoms with van der Waals surface area (Å²) in [4.78, 5) is 11.8. The highest BCUT2D eigenvalue weighted by Gasteiger charge is 2.11. The average Bonchev–Trinajstić information content (AvgIpc) is 2.27. The molecule has 1 amide bonds. The van der Waals surface area contributed by atoms with Gasteiger partial charge >= 0.3 is 0 Å². The van der Waals surface area contributed by atoms with Crippen LogP contribution in [-0.2, 0) is 0 Å². The number of ether oxygens (including phenoxy) is 2. The summed E-state index contributed by atoms with van der Waals surface area (Å²) in [5, 5.41) is 2.11. The Bertz CT molecular complexity index is 396. The largest absolute Gasteiger partial charge is 0.496 e. The van der Waals surface area contributed by atoms with Crippen LogP contribution < -0.4 is 14.8 Å². The molecule has 88 valence electrons. The number of methoxy groups -OCH3 is 2. The number of carbonyl (C=O) groups is 1. The molecule has 0 fully saturated rings. The number of amides is 1. The van der Waals surface area contributed by atoms with Gasteiger partial charge in [0.05, 0.1) is 24.8 Å². The van der Waals surface area contributed by atoms with Gasteiger partial charge in [0.15, 0.2) is 0 Å². The fraction of sp³-hybridized carbons (Fsp3) is 0.300. The maximum atomic E-state index is 10.9. The molecule has 1 aromatic rings. The molecule has 0 spiro atoms. The Morgan fingerprint density at radius 1 is 1.31 bits per heavy atom. The minimum atomic E-state index is -0.447. The van der Waals surface area contributed by atoms with Gasteiger partial charge in [0.25, 0.3) is 5.24 Å². The van der Waals surface area contributed by atoms with Gasteiger partial charge in [-0.25, -0.2) is 0 Å². The van der Waals surface area contributed by atoms with Gasteiger partial charge in [-0.05, 0) is 12.3 Å². The summed E-state index contributed by atoms with van der Waals surface area (Å²) in [6.45, 7) is 0. The van der Waals surface area contributed by atoms with Crippen LogP contribution >= 0.6 is 24.4 Å². The Hall–Kier alpha value is -1.01. The van der Waals surface area contributed by atoms with Gasteiger partial charge in [0.2, 0.25) is 0 Å². The number of thiol groups is 1. The number of thioether (sulfide) groups is 1. The molecule has 0 unspecified atom stereocenters. The Morgan fingerprint density at radius 3 is 2.38 bits per heavy atom. The second-order valence-electron chi connectivity index (χ2n) is 2.84. The molecule has 16 heavy (non-hydrogen) atoms. The van der Waals surface area contributed by atoms with Crippen molar-refractivity contribution in [2.24, 2.45) is 0 Å². The van der Waals surface area contributed by atoms with Crippen LogP contribution in [0.25, 0.3) is 0 Å². The fourth-order valence-electron chi connectivity index (χ4n) is 1.24. The molecule has 1 rings (SSSR count). The second kappa shape index (κ2) is 5.91. The van der Waals surface area contributed by atoms with Crippen LogP contribution in [0.1, 0.15) is 0 Å². The van der Waals surface area contributed by atoms with Gasteiger partial charge in [0.1, 0.15) is 11.5 Å². The van der Waals surface area contributed by atoms with Gasteiger partial charge in [-0.15, -0.1) is 11.8 Å². The van der Waals surface area contributed by atoms with Crippen molar-refractivity contribution in [1.29, 1.82) is 0 Å². The molecule has 0 aromatic heterocycles. The first-order valence-corrected chi connectivity index (χ1v) is 6.09. The standard InChI is InChI=1S/C10H13NO3S2/c1-13-7-5-9(16-3)8(14-2)4-6(7)11-10(12)15/h4-5H,1-3H3,(H2,11,12,15). The van der Waals surface area contributed by atoms with Crippen LogP contribution in [0.4, 0.5) is 10.5 Å². The van der Waals surface area contributed by atoms with Crippen molar-refractivity contribution in [1.82, 2.24) is 0 Å². The number of hydrogen-bond acceptors (Lipinski definition) is 4. The zero-order valence-corrected chi connectivity index (χ0v) is 10.9. The van der Waals surface area contributed by atoms with E-state index in [0.29, 0.717) is 17.2 Å². The van der Waals surface area contributed by atoms with E-state index in [0.717, 1.165) is 4.90 Å². The molecule has 0 radical (unpaired) electrons. The molecule has 0 saturated carbocycles. The molecule has 0 aliphatic carbocycles. The van der Waals surface area contributed by atoms with Crippen molar-refractivity contribution < 1.29 is 14.3 Å². The van der Waals surface area contributed by atoms with Gasteiger partial charge < -0.3 is 14.8 Å². The first-order chi connectivity index (χ1) is 7.62. The number of nitrogens with one attached hydrogen (secondary N) is 1. The van der Waals surface area contributed by atoms with Crippen molar-refractivity contribution in [3.63, 3.8) is 0 Å². The molecule has 0 aliphatic rings. The smallest absolute Gasteiger partial charge is 0.280 e. The highest BCUT2D eigenvalue weighted by Crippen LogP contribution is 2.37. The van der Waals surface area contributed by atoms with E-state index in [4.69, 9.17) is 9.47 Å². The third kappa shape index (κ3) is 2.99. The fourth-order valence-corrected chi connectivity index (χ4v) is 1.93. The van der Waals surface area contributed by atoms with Crippen molar-refractivity contribution in [2.45, 2.75) is 4.90 Å². The summed E-state index contributed by atoms with van der Waals surface area (Å²) >= 11 is 5.20. The Labute approximate surface area is 104 Å². The van der Waals surface area contributed by atoms with E-state index in [1.165, 1.54) is 0 Å². The zero-order chi connectivity index (χ0) is 12.1. The van der Waals surface area contributed by atoms with E-state index in [2.05, 4.69) is 17.9 Å². The molecule has 0 aliphatic heterocycles. The lowest BCUT2D eigenvalue weighted by Gasteiger charge is -2.13. The van der Waals surface area contributed by atoms with Crippen LogP contribution in [0.15, 0.2) is 17.0 Å². The third-order valence-corrected chi connectivity index (χ3v) is 2.82. The van der Waals surface area contributed by atoms with E-state index in [1.54, 1.807) is 32.0 Å². The van der Waals surface area contributed by atoms with Crippen LogP contribution in [0, 0.1) is 0 Å². The quantitative estimate of drug-likeness (QED) is 0.645. The topological polar surface area (TPSA) is 47.6 Å². The minimum Gasteiger partial charge on any atom is -0.496 e. The maximum Gasteiger partial charge on any atom is 0.280 e. The van der Waals surface area contributed by atoms with Crippen molar-refractivity contribution in [2.75, 3.05) is 25.8 Å². The van der Waals surface area contributed by atoms with Crippen molar-refractivity contribution >= 4 is 35.3 Å². The van der Waals surface area contributed by atoms with Crippen molar-refractivity contribution in [3.8, 4) is 11.5 Å². The molecule has 4 nitrogen and oxygen atoms in total. The number of hydrogen-bond donors (Lipinski definition) is 2. The zero-order valence-electron chi connectivity index (χ0n) is 9.23. The van der Waals surface area contributed by atoms with E-state index in [-0.39, 0.29) is 0 Å². The van der Waals surface area contributed by atoms with Crippen LogP contribution in [0.2, 0.25) is 0 Å². The molecule has 0 bridgehead atoms. The first-order valence-electron chi connectivity index (χ1n) is 4.42. The average molecular weight is 259 g/mol. The third-order valence-electron chi connectivity index (χ3n) is 1.95. The number of carbonyl (C=O) groups excluding carboxylic acids is 1. The van der Waals surface area contributed by atoms with Crippen LogP contribution in [-0.4, -0.2) is 25.7 Å². The monoisotopic (exact) mass is 259 g/mol. The molecule has 6 heteroatoms. The lowest BCUT2D eigenvalue weighted by molar-refractivity contribution is 0.270. The molecule has 1 aromatic carbocycles.